The van der Waals surface area contributed by atoms with E-state index < -0.39 is 10.0 Å². The lowest BCUT2D eigenvalue weighted by Gasteiger charge is -2.52. The summed E-state index contributed by atoms with van der Waals surface area (Å²) in [5.41, 5.74) is 4.48. The van der Waals surface area contributed by atoms with Gasteiger partial charge in [-0.3, -0.25) is 5.10 Å². The molecule has 7 heteroatoms. The van der Waals surface area contributed by atoms with Gasteiger partial charge in [-0.1, -0.05) is 58.2 Å². The summed E-state index contributed by atoms with van der Waals surface area (Å²) in [6.07, 6.45) is 9.00. The van der Waals surface area contributed by atoms with Gasteiger partial charge in [-0.05, 0) is 68.1 Å². The van der Waals surface area contributed by atoms with Crippen LogP contribution in [-0.4, -0.2) is 61.0 Å². The van der Waals surface area contributed by atoms with E-state index in [1.807, 2.05) is 18.3 Å². The number of hydrogen-bond donors (Lipinski definition) is 1. The molecule has 1 N–H and O–H groups in total. The van der Waals surface area contributed by atoms with Crippen LogP contribution in [0.25, 0.3) is 6.08 Å². The number of H-pyrrole nitrogens is 1. The van der Waals surface area contributed by atoms with Crippen LogP contribution < -0.4 is 0 Å². The number of sulfonamides is 1. The molecule has 2 heterocycles. The smallest absolute Gasteiger partial charge is 0.243 e. The third kappa shape index (κ3) is 4.50. The van der Waals surface area contributed by atoms with Crippen LogP contribution in [0.15, 0.2) is 40.9 Å². The third-order valence-electron chi connectivity index (χ3n) is 7.75. The minimum absolute atomic E-state index is 0.0141. The number of aromatic nitrogens is 2. The maximum absolute atomic E-state index is 13.8. The van der Waals surface area contributed by atoms with Crippen molar-refractivity contribution in [2.75, 3.05) is 27.2 Å². The molecule has 1 unspecified atom stereocenters. The summed E-state index contributed by atoms with van der Waals surface area (Å²) in [6.45, 7) is 9.65. The highest BCUT2D eigenvalue weighted by molar-refractivity contribution is 7.89. The third-order valence-corrected chi connectivity index (χ3v) is 9.61. The molecule has 186 valence electrons. The second kappa shape index (κ2) is 9.25. The van der Waals surface area contributed by atoms with Crippen LogP contribution in [-0.2, 0) is 21.9 Å². The Morgan fingerprint density at radius 2 is 1.91 bits per heavy atom. The van der Waals surface area contributed by atoms with Gasteiger partial charge in [0.05, 0.1) is 16.8 Å². The Bertz CT molecular complexity index is 1140. The van der Waals surface area contributed by atoms with Gasteiger partial charge in [0, 0.05) is 24.5 Å². The van der Waals surface area contributed by atoms with Crippen molar-refractivity contribution < 1.29 is 8.42 Å². The summed E-state index contributed by atoms with van der Waals surface area (Å²) in [7, 11) is 0.678. The number of piperidine rings is 1. The molecular formula is C27H40N4O2S. The van der Waals surface area contributed by atoms with Crippen LogP contribution in [0.4, 0.5) is 0 Å². The van der Waals surface area contributed by atoms with Gasteiger partial charge >= 0.3 is 0 Å². The molecule has 1 saturated heterocycles. The molecule has 2 atom stereocenters. The molecule has 1 aromatic heterocycles. The van der Waals surface area contributed by atoms with Crippen LogP contribution in [0.2, 0.25) is 0 Å². The minimum atomic E-state index is -3.59. The predicted molar refractivity (Wildman–Crippen MR) is 138 cm³/mol. The summed E-state index contributed by atoms with van der Waals surface area (Å²) >= 11 is 0. The van der Waals surface area contributed by atoms with Crippen molar-refractivity contribution in [2.24, 2.45) is 5.41 Å². The van der Waals surface area contributed by atoms with Crippen molar-refractivity contribution in [2.45, 2.75) is 76.2 Å². The van der Waals surface area contributed by atoms with Crippen molar-refractivity contribution in [3.63, 3.8) is 0 Å². The van der Waals surface area contributed by atoms with Crippen molar-refractivity contribution >= 4 is 16.1 Å². The largest absolute Gasteiger partial charge is 0.306 e. The average Bonchev–Trinajstić information content (AvgIpc) is 3.23. The second-order valence-electron chi connectivity index (χ2n) is 11.3. The van der Waals surface area contributed by atoms with Crippen LogP contribution in [0.3, 0.4) is 0 Å². The van der Waals surface area contributed by atoms with E-state index in [9.17, 15) is 8.42 Å². The first-order valence-corrected chi connectivity index (χ1v) is 13.9. The minimum Gasteiger partial charge on any atom is -0.306 e. The normalized spacial score (nSPS) is 22.3. The van der Waals surface area contributed by atoms with Crippen LogP contribution in [0.5, 0.6) is 0 Å². The average molecular weight is 485 g/mol. The first kappa shape index (κ1) is 25.1. The van der Waals surface area contributed by atoms with Gasteiger partial charge in [0.1, 0.15) is 0 Å². The number of aromatic amines is 1. The van der Waals surface area contributed by atoms with Gasteiger partial charge in [0.2, 0.25) is 10.0 Å². The molecule has 6 nitrogen and oxygen atoms in total. The fourth-order valence-electron chi connectivity index (χ4n) is 5.82. The number of nitrogens with one attached hydrogen (secondary N) is 1. The van der Waals surface area contributed by atoms with E-state index in [4.69, 9.17) is 0 Å². The predicted octanol–water partition coefficient (Wildman–Crippen LogP) is 4.85. The molecule has 0 saturated carbocycles. The summed E-state index contributed by atoms with van der Waals surface area (Å²) in [5.74, 6) is 0. The molecule has 0 amide bonds. The molecule has 0 bridgehead atoms. The van der Waals surface area contributed by atoms with Crippen molar-refractivity contribution in [1.82, 2.24) is 19.4 Å². The van der Waals surface area contributed by atoms with E-state index in [0.717, 1.165) is 43.4 Å². The number of unbranched alkanes of at least 4 members (excludes halogenated alkanes) is 1. The zero-order valence-corrected chi connectivity index (χ0v) is 22.4. The molecule has 1 aliphatic carbocycles. The molecule has 2 aromatic rings. The van der Waals surface area contributed by atoms with Gasteiger partial charge < -0.3 is 4.90 Å². The van der Waals surface area contributed by atoms with Gasteiger partial charge in [0.15, 0.2) is 0 Å². The molecule has 34 heavy (non-hydrogen) atoms. The first-order valence-electron chi connectivity index (χ1n) is 12.5. The van der Waals surface area contributed by atoms with E-state index in [-0.39, 0.29) is 16.9 Å². The Balaban J connectivity index is 1.72. The quantitative estimate of drug-likeness (QED) is 0.610. The Hall–Kier alpha value is -1.96. The van der Waals surface area contributed by atoms with Gasteiger partial charge in [-0.2, -0.15) is 9.40 Å². The summed E-state index contributed by atoms with van der Waals surface area (Å²) in [6, 6.07) is 7.73. The van der Waals surface area contributed by atoms with Gasteiger partial charge in [-0.25, -0.2) is 8.42 Å². The van der Waals surface area contributed by atoms with Crippen LogP contribution in [0, 0.1) is 5.41 Å². The number of nitrogens with zero attached hydrogens (tertiary/aromatic N) is 3. The Morgan fingerprint density at radius 3 is 2.53 bits per heavy atom. The fourth-order valence-corrected chi connectivity index (χ4v) is 7.33. The van der Waals surface area contributed by atoms with E-state index in [1.54, 1.807) is 16.4 Å². The van der Waals surface area contributed by atoms with E-state index in [1.165, 1.54) is 11.1 Å². The zero-order valence-electron chi connectivity index (χ0n) is 21.6. The zero-order chi connectivity index (χ0) is 24.7. The van der Waals surface area contributed by atoms with Gasteiger partial charge in [0.25, 0.3) is 0 Å². The molecule has 1 aromatic carbocycles. The highest BCUT2D eigenvalue weighted by atomic mass is 32.2. The maximum Gasteiger partial charge on any atom is 0.243 e. The highest BCUT2D eigenvalue weighted by Gasteiger charge is 2.50. The number of benzene rings is 1. The topological polar surface area (TPSA) is 69.3 Å². The SMILES string of the molecule is CCCCC(N(C)C)[C@@]12Cc3cn[nH]c3C=C1CCN(S(=O)(=O)c1ccc(C(C)(C)C)cc1)C2. The highest BCUT2D eigenvalue weighted by Crippen LogP contribution is 2.49. The number of rotatable bonds is 7. The van der Waals surface area contributed by atoms with E-state index in [2.05, 4.69) is 63.0 Å². The van der Waals surface area contributed by atoms with Crippen LogP contribution in [0.1, 0.15) is 70.2 Å². The standard InChI is InChI=1S/C27H40N4O2S/c1-7-8-9-25(30(5)6)27-17-20-18-28-29-24(20)16-22(27)14-15-31(19-27)34(32,33)23-12-10-21(11-13-23)26(2,3)4/h10-13,16,18,25H,7-9,14-15,17,19H2,1-6H3,(H,28,29)/t25?,27-/m1/s1. The fraction of sp³-hybridized carbons (Fsp3) is 0.593. The van der Waals surface area contributed by atoms with Crippen molar-refractivity contribution in [3.8, 4) is 0 Å². The second-order valence-corrected chi connectivity index (χ2v) is 13.2. The van der Waals surface area contributed by atoms with Gasteiger partial charge in [-0.15, -0.1) is 0 Å². The first-order chi connectivity index (χ1) is 16.0. The maximum atomic E-state index is 13.8. The molecule has 0 spiro atoms. The molecule has 4 rings (SSSR count). The Morgan fingerprint density at radius 1 is 1.21 bits per heavy atom. The summed E-state index contributed by atoms with van der Waals surface area (Å²) in [5, 5.41) is 7.42. The lowest BCUT2D eigenvalue weighted by molar-refractivity contribution is 0.0807. The number of hydrogen-bond acceptors (Lipinski definition) is 4. The van der Waals surface area contributed by atoms with Crippen molar-refractivity contribution in [3.05, 3.63) is 52.9 Å². The van der Waals surface area contributed by atoms with Crippen molar-refractivity contribution in [1.29, 1.82) is 0 Å². The lowest BCUT2D eigenvalue weighted by Crippen LogP contribution is -2.58. The number of fused-ring (bicyclic) bond motifs is 2. The van der Waals surface area contributed by atoms with E-state index in [0.29, 0.717) is 18.0 Å². The molecule has 1 aliphatic heterocycles. The molecular weight excluding hydrogens is 444 g/mol. The van der Waals surface area contributed by atoms with Crippen LogP contribution >= 0.6 is 0 Å². The summed E-state index contributed by atoms with van der Waals surface area (Å²) < 4.78 is 29.4. The molecule has 1 fully saturated rings. The van der Waals surface area contributed by atoms with E-state index >= 15 is 0 Å². The Kier molecular flexibility index (Phi) is 6.84. The summed E-state index contributed by atoms with van der Waals surface area (Å²) in [4.78, 5) is 2.70. The monoisotopic (exact) mass is 484 g/mol. The lowest BCUT2D eigenvalue weighted by atomic mass is 9.63. The molecule has 0 radical (unpaired) electrons. The molecule has 2 aliphatic rings. The Labute approximate surface area is 205 Å².